The number of carbonyl (C=O) groups is 1. The maximum absolute atomic E-state index is 13.6. The number of aliphatic hydroxyl groups is 1. The number of fused-ring (bicyclic) bond motifs is 1. The first kappa shape index (κ1) is 25.3. The summed E-state index contributed by atoms with van der Waals surface area (Å²) in [5, 5.41) is 19.0. The van der Waals surface area contributed by atoms with Crippen LogP contribution in [0.25, 0.3) is 11.1 Å². The molecule has 8 heteroatoms. The number of nitrogens with zero attached hydrogens (tertiary/aromatic N) is 5. The summed E-state index contributed by atoms with van der Waals surface area (Å²) < 4.78 is 6.39. The van der Waals surface area contributed by atoms with E-state index in [0.29, 0.717) is 30.8 Å². The van der Waals surface area contributed by atoms with Gasteiger partial charge in [0.25, 0.3) is 5.91 Å². The quantitative estimate of drug-likeness (QED) is 0.547. The van der Waals surface area contributed by atoms with Gasteiger partial charge in [-0.25, -0.2) is 4.98 Å². The van der Waals surface area contributed by atoms with Crippen molar-refractivity contribution in [3.63, 3.8) is 0 Å². The molecule has 0 saturated carbocycles. The van der Waals surface area contributed by atoms with Crippen molar-refractivity contribution < 1.29 is 14.6 Å². The molecular formula is C28H31N5O3. The van der Waals surface area contributed by atoms with Crippen LogP contribution in [-0.4, -0.2) is 69.7 Å². The van der Waals surface area contributed by atoms with E-state index in [1.165, 1.54) is 0 Å². The summed E-state index contributed by atoms with van der Waals surface area (Å²) in [7, 11) is 2.02. The van der Waals surface area contributed by atoms with E-state index in [1.54, 1.807) is 35.5 Å². The highest BCUT2D eigenvalue weighted by Crippen LogP contribution is 2.30. The summed E-state index contributed by atoms with van der Waals surface area (Å²) in [6.07, 6.45) is 3.24. The number of rotatable bonds is 7. The van der Waals surface area contributed by atoms with Crippen LogP contribution in [0.15, 0.2) is 60.9 Å². The Hall–Kier alpha value is -3.80. The first-order chi connectivity index (χ1) is 17.4. The SMILES string of the molecule is C[C@@H]1CN([C@@H](C)CO)C(=O)c2cc(-c3ccc(C#N)cc3)cnc2O[C@H]1CN(C)Cc1ccccn1. The summed E-state index contributed by atoms with van der Waals surface area (Å²) in [6, 6.07) is 16.5. The molecule has 186 valence electrons. The van der Waals surface area contributed by atoms with Crippen molar-refractivity contribution in [1.29, 1.82) is 5.26 Å². The second kappa shape index (κ2) is 11.3. The first-order valence-corrected chi connectivity index (χ1v) is 12.1. The zero-order chi connectivity index (χ0) is 25.7. The van der Waals surface area contributed by atoms with E-state index in [4.69, 9.17) is 10.00 Å². The van der Waals surface area contributed by atoms with Gasteiger partial charge in [-0.15, -0.1) is 0 Å². The van der Waals surface area contributed by atoms with Crippen LogP contribution in [0.5, 0.6) is 5.88 Å². The van der Waals surface area contributed by atoms with Gasteiger partial charge in [0.1, 0.15) is 11.7 Å². The predicted molar refractivity (Wildman–Crippen MR) is 136 cm³/mol. The number of ether oxygens (including phenoxy) is 1. The van der Waals surface area contributed by atoms with Gasteiger partial charge in [-0.2, -0.15) is 5.26 Å². The molecule has 3 atom stereocenters. The third kappa shape index (κ3) is 5.70. The van der Waals surface area contributed by atoms with Gasteiger partial charge in [0.2, 0.25) is 5.88 Å². The van der Waals surface area contributed by atoms with E-state index in [9.17, 15) is 9.90 Å². The highest BCUT2D eigenvalue weighted by atomic mass is 16.5. The fourth-order valence-electron chi connectivity index (χ4n) is 4.36. The molecule has 3 heterocycles. The summed E-state index contributed by atoms with van der Waals surface area (Å²) in [5.41, 5.74) is 3.49. The van der Waals surface area contributed by atoms with Crippen molar-refractivity contribution in [2.75, 3.05) is 26.7 Å². The van der Waals surface area contributed by atoms with E-state index in [-0.39, 0.29) is 36.5 Å². The topological polar surface area (TPSA) is 103 Å². The minimum Gasteiger partial charge on any atom is -0.472 e. The highest BCUT2D eigenvalue weighted by molar-refractivity contribution is 5.98. The van der Waals surface area contributed by atoms with Crippen LogP contribution in [0.1, 0.15) is 35.5 Å². The third-order valence-electron chi connectivity index (χ3n) is 6.52. The molecule has 0 saturated heterocycles. The molecule has 0 radical (unpaired) electrons. The molecule has 1 N–H and O–H groups in total. The van der Waals surface area contributed by atoms with Crippen molar-refractivity contribution in [2.45, 2.75) is 32.5 Å². The summed E-state index contributed by atoms with van der Waals surface area (Å²) in [5.74, 6) is 0.0688. The van der Waals surface area contributed by atoms with Gasteiger partial charge >= 0.3 is 0 Å². The molecule has 1 amide bonds. The van der Waals surface area contributed by atoms with Gasteiger partial charge in [-0.05, 0) is 49.9 Å². The molecule has 0 bridgehead atoms. The third-order valence-corrected chi connectivity index (χ3v) is 6.52. The highest BCUT2D eigenvalue weighted by Gasteiger charge is 2.34. The molecule has 0 aliphatic carbocycles. The number of likely N-dealkylation sites (N-methyl/N-ethyl adjacent to an activating group) is 1. The number of hydrogen-bond acceptors (Lipinski definition) is 7. The molecule has 1 aromatic carbocycles. The van der Waals surface area contributed by atoms with Crippen LogP contribution in [-0.2, 0) is 6.54 Å². The fourth-order valence-corrected chi connectivity index (χ4v) is 4.36. The van der Waals surface area contributed by atoms with E-state index in [1.807, 2.05) is 44.3 Å². The number of hydrogen-bond donors (Lipinski definition) is 1. The van der Waals surface area contributed by atoms with Crippen molar-refractivity contribution >= 4 is 5.91 Å². The molecule has 1 aliphatic heterocycles. The zero-order valence-corrected chi connectivity index (χ0v) is 20.8. The Labute approximate surface area is 211 Å². The summed E-state index contributed by atoms with van der Waals surface area (Å²) >= 11 is 0. The lowest BCUT2D eigenvalue weighted by Gasteiger charge is -2.37. The predicted octanol–water partition coefficient (Wildman–Crippen LogP) is 3.37. The second-order valence-electron chi connectivity index (χ2n) is 9.41. The lowest BCUT2D eigenvalue weighted by Crippen LogP contribution is -2.49. The average molecular weight is 486 g/mol. The average Bonchev–Trinajstić information content (AvgIpc) is 2.90. The number of nitriles is 1. The second-order valence-corrected chi connectivity index (χ2v) is 9.41. The van der Waals surface area contributed by atoms with Gasteiger partial charge in [0.05, 0.1) is 30.0 Å². The van der Waals surface area contributed by atoms with E-state index >= 15 is 0 Å². The van der Waals surface area contributed by atoms with Crippen molar-refractivity contribution in [1.82, 2.24) is 19.8 Å². The Morgan fingerprint density at radius 3 is 2.67 bits per heavy atom. The Bertz CT molecular complexity index is 1230. The maximum atomic E-state index is 13.6. The van der Waals surface area contributed by atoms with Crippen molar-refractivity contribution in [3.8, 4) is 23.1 Å². The standard InChI is InChI=1S/C28H31N5O3/c1-19-15-33(20(2)18-34)28(35)25-12-23(22-9-7-21(13-29)8-10-22)14-31-27(25)36-26(19)17-32(3)16-24-6-4-5-11-30-24/h4-12,14,19-20,26,34H,15-18H2,1-3H3/t19-,20+,26+/m1/s1. The molecule has 0 spiro atoms. The van der Waals surface area contributed by atoms with E-state index < -0.39 is 0 Å². The monoisotopic (exact) mass is 485 g/mol. The molecule has 0 unspecified atom stereocenters. The Morgan fingerprint density at radius 2 is 2.00 bits per heavy atom. The molecule has 3 aromatic rings. The van der Waals surface area contributed by atoms with Gasteiger partial charge in [0, 0.05) is 43.5 Å². The molecule has 8 nitrogen and oxygen atoms in total. The van der Waals surface area contributed by atoms with Crippen LogP contribution in [0.4, 0.5) is 0 Å². The fraction of sp³-hybridized carbons (Fsp3) is 0.357. The Kier molecular flexibility index (Phi) is 7.93. The van der Waals surface area contributed by atoms with Gasteiger partial charge in [-0.3, -0.25) is 14.7 Å². The number of pyridine rings is 2. The van der Waals surface area contributed by atoms with Crippen molar-refractivity contribution in [3.05, 3.63) is 77.7 Å². The molecule has 36 heavy (non-hydrogen) atoms. The minimum absolute atomic E-state index is 0.00212. The Balaban J connectivity index is 1.66. The lowest BCUT2D eigenvalue weighted by atomic mass is 9.99. The molecular weight excluding hydrogens is 454 g/mol. The number of aromatic nitrogens is 2. The molecule has 1 aliphatic rings. The number of carbonyl (C=O) groups excluding carboxylic acids is 1. The minimum atomic E-state index is -0.351. The summed E-state index contributed by atoms with van der Waals surface area (Å²) in [4.78, 5) is 26.5. The number of benzene rings is 1. The zero-order valence-electron chi connectivity index (χ0n) is 20.8. The van der Waals surface area contributed by atoms with E-state index in [0.717, 1.165) is 16.8 Å². The van der Waals surface area contributed by atoms with Crippen LogP contribution < -0.4 is 4.74 Å². The van der Waals surface area contributed by atoms with Gasteiger partial charge in [-0.1, -0.05) is 25.1 Å². The molecule has 0 fully saturated rings. The maximum Gasteiger partial charge on any atom is 0.259 e. The molecule has 4 rings (SSSR count). The summed E-state index contributed by atoms with van der Waals surface area (Å²) in [6.45, 7) is 5.49. The van der Waals surface area contributed by atoms with Crippen LogP contribution in [0.2, 0.25) is 0 Å². The largest absolute Gasteiger partial charge is 0.472 e. The van der Waals surface area contributed by atoms with Gasteiger partial charge < -0.3 is 14.7 Å². The van der Waals surface area contributed by atoms with Crippen LogP contribution in [0.3, 0.4) is 0 Å². The van der Waals surface area contributed by atoms with E-state index in [2.05, 4.69) is 27.9 Å². The molecule has 2 aromatic heterocycles. The van der Waals surface area contributed by atoms with Crippen LogP contribution >= 0.6 is 0 Å². The Morgan fingerprint density at radius 1 is 1.22 bits per heavy atom. The first-order valence-electron chi connectivity index (χ1n) is 12.1. The number of amides is 1. The van der Waals surface area contributed by atoms with Gasteiger partial charge in [0.15, 0.2) is 0 Å². The van der Waals surface area contributed by atoms with Crippen molar-refractivity contribution in [2.24, 2.45) is 5.92 Å². The lowest BCUT2D eigenvalue weighted by molar-refractivity contribution is 0.0324. The number of aliphatic hydroxyl groups excluding tert-OH is 1. The smallest absolute Gasteiger partial charge is 0.259 e. The van der Waals surface area contributed by atoms with Crippen LogP contribution in [0, 0.1) is 17.2 Å². The normalized spacial score (nSPS) is 18.6.